The molecule has 7 heteroatoms. The molecule has 1 heterocycles. The van der Waals surface area contributed by atoms with Crippen molar-refractivity contribution in [3.63, 3.8) is 0 Å². The van der Waals surface area contributed by atoms with E-state index < -0.39 is 10.0 Å². The Kier molecular flexibility index (Phi) is 8.00. The van der Waals surface area contributed by atoms with Gasteiger partial charge in [-0.05, 0) is 66.9 Å². The van der Waals surface area contributed by atoms with Crippen LogP contribution in [0.3, 0.4) is 0 Å². The summed E-state index contributed by atoms with van der Waals surface area (Å²) in [6.45, 7) is 2.59. The van der Waals surface area contributed by atoms with E-state index in [1.54, 1.807) is 55.6 Å². The molecule has 37 heavy (non-hydrogen) atoms. The predicted octanol–water partition coefficient (Wildman–Crippen LogP) is 5.50. The molecule has 0 saturated carbocycles. The molecule has 0 fully saturated rings. The number of sulfonamides is 1. The normalized spacial score (nSPS) is 10.7. The fourth-order valence-corrected chi connectivity index (χ4v) is 4.73. The molecule has 4 rings (SSSR count). The van der Waals surface area contributed by atoms with Crippen molar-refractivity contribution in [3.8, 4) is 30.1 Å². The van der Waals surface area contributed by atoms with E-state index in [4.69, 9.17) is 20.3 Å². The number of methoxy groups -OCH3 is 1. The van der Waals surface area contributed by atoms with Crippen LogP contribution in [0.1, 0.15) is 28.2 Å². The first kappa shape index (κ1) is 25.7. The first-order chi connectivity index (χ1) is 17.9. The van der Waals surface area contributed by atoms with Crippen LogP contribution in [-0.2, 0) is 28.0 Å². The van der Waals surface area contributed by atoms with Gasteiger partial charge in [-0.15, -0.1) is 0 Å². The predicted molar refractivity (Wildman–Crippen MR) is 142 cm³/mol. The maximum absolute atomic E-state index is 13.2. The molecule has 1 aromatic heterocycles. The smallest absolute Gasteiger partial charge is 0.275 e. The highest BCUT2D eigenvalue weighted by Crippen LogP contribution is 2.26. The summed E-state index contributed by atoms with van der Waals surface area (Å²) in [5.41, 5.74) is 2.70. The quantitative estimate of drug-likeness (QED) is 0.231. The highest BCUT2D eigenvalue weighted by molar-refractivity contribution is 7.93. The van der Waals surface area contributed by atoms with Crippen molar-refractivity contribution in [1.29, 1.82) is 0 Å². The number of benzene rings is 3. The SMILES string of the molecule is C#CN(c1ccccc1C#Cc1ccc(COCc2ccc(OC)cc2)o1)S(=O)(=O)c1ccc(C)cc1. The Labute approximate surface area is 217 Å². The molecule has 0 saturated heterocycles. The van der Waals surface area contributed by atoms with Crippen molar-refractivity contribution in [2.24, 2.45) is 0 Å². The number of ether oxygens (including phenoxy) is 2. The second kappa shape index (κ2) is 11.5. The topological polar surface area (TPSA) is 69.0 Å². The first-order valence-corrected chi connectivity index (χ1v) is 12.8. The summed E-state index contributed by atoms with van der Waals surface area (Å²) in [5, 5.41) is 0. The van der Waals surface area contributed by atoms with E-state index in [0.29, 0.717) is 23.7 Å². The minimum Gasteiger partial charge on any atom is -0.497 e. The van der Waals surface area contributed by atoms with Crippen molar-refractivity contribution in [2.45, 2.75) is 25.0 Å². The zero-order chi connectivity index (χ0) is 26.3. The van der Waals surface area contributed by atoms with Gasteiger partial charge < -0.3 is 13.9 Å². The Hall–Kier alpha value is -4.43. The number of terminal acetylenes is 1. The molecule has 0 radical (unpaired) electrons. The molecule has 0 unspecified atom stereocenters. The van der Waals surface area contributed by atoms with Crippen molar-refractivity contribution in [3.05, 3.63) is 113 Å². The van der Waals surface area contributed by atoms with Gasteiger partial charge in [0.2, 0.25) is 0 Å². The average molecular weight is 512 g/mol. The Morgan fingerprint density at radius 3 is 2.32 bits per heavy atom. The molecule has 0 atom stereocenters. The van der Waals surface area contributed by atoms with Gasteiger partial charge in [-0.2, -0.15) is 4.31 Å². The zero-order valence-corrected chi connectivity index (χ0v) is 21.3. The molecule has 186 valence electrons. The monoisotopic (exact) mass is 511 g/mol. The molecular formula is C30H25NO5S. The first-order valence-electron chi connectivity index (χ1n) is 11.4. The summed E-state index contributed by atoms with van der Waals surface area (Å²) in [5.74, 6) is 7.76. The summed E-state index contributed by atoms with van der Waals surface area (Å²) in [6, 6.07) is 26.8. The second-order valence-corrected chi connectivity index (χ2v) is 9.87. The van der Waals surface area contributed by atoms with Crippen LogP contribution in [0.15, 0.2) is 94.2 Å². The van der Waals surface area contributed by atoms with Crippen molar-refractivity contribution in [1.82, 2.24) is 0 Å². The van der Waals surface area contributed by atoms with Crippen molar-refractivity contribution in [2.75, 3.05) is 11.4 Å². The number of hydrogen-bond donors (Lipinski definition) is 0. The lowest BCUT2D eigenvalue weighted by Crippen LogP contribution is -2.26. The van der Waals surface area contributed by atoms with Crippen LogP contribution < -0.4 is 9.04 Å². The van der Waals surface area contributed by atoms with Gasteiger partial charge in [0.1, 0.15) is 18.1 Å². The summed E-state index contributed by atoms with van der Waals surface area (Å²) in [7, 11) is -2.35. The van der Waals surface area contributed by atoms with Gasteiger partial charge in [0, 0.05) is 6.04 Å². The summed E-state index contributed by atoms with van der Waals surface area (Å²) in [6.07, 6.45) is 5.65. The molecule has 0 spiro atoms. The zero-order valence-electron chi connectivity index (χ0n) is 20.5. The second-order valence-electron chi connectivity index (χ2n) is 8.09. The Morgan fingerprint density at radius 2 is 1.62 bits per heavy atom. The molecule has 0 amide bonds. The summed E-state index contributed by atoms with van der Waals surface area (Å²) in [4.78, 5) is 0.101. The number of nitrogens with zero attached hydrogens (tertiary/aromatic N) is 1. The van der Waals surface area contributed by atoms with E-state index in [1.807, 2.05) is 31.2 Å². The largest absolute Gasteiger partial charge is 0.497 e. The van der Waals surface area contributed by atoms with Gasteiger partial charge in [0.15, 0.2) is 5.76 Å². The maximum Gasteiger partial charge on any atom is 0.275 e. The van der Waals surface area contributed by atoms with Gasteiger partial charge >= 0.3 is 0 Å². The van der Waals surface area contributed by atoms with Crippen LogP contribution in [0.2, 0.25) is 0 Å². The Balaban J connectivity index is 1.48. The van der Waals surface area contributed by atoms with E-state index in [0.717, 1.165) is 21.2 Å². The summed E-state index contributed by atoms with van der Waals surface area (Å²) < 4.78 is 44.0. The molecule has 0 aliphatic carbocycles. The lowest BCUT2D eigenvalue weighted by molar-refractivity contribution is 0.0927. The summed E-state index contributed by atoms with van der Waals surface area (Å²) >= 11 is 0. The molecule has 0 bridgehead atoms. The van der Waals surface area contributed by atoms with Gasteiger partial charge in [0.25, 0.3) is 10.0 Å². The highest BCUT2D eigenvalue weighted by atomic mass is 32.2. The van der Waals surface area contributed by atoms with Crippen LogP contribution in [-0.4, -0.2) is 15.5 Å². The minimum atomic E-state index is -3.98. The molecule has 3 aromatic carbocycles. The molecule has 0 aliphatic rings. The fraction of sp³-hybridized carbons (Fsp3) is 0.133. The average Bonchev–Trinajstić information content (AvgIpc) is 3.37. The Bertz CT molecular complexity index is 1570. The molecular weight excluding hydrogens is 486 g/mol. The lowest BCUT2D eigenvalue weighted by atomic mass is 10.2. The fourth-order valence-electron chi connectivity index (χ4n) is 3.48. The molecule has 6 nitrogen and oxygen atoms in total. The number of furan rings is 1. The number of hydrogen-bond acceptors (Lipinski definition) is 5. The van der Waals surface area contributed by atoms with Gasteiger partial charge in [0.05, 0.1) is 29.9 Å². The van der Waals surface area contributed by atoms with Crippen LogP contribution in [0.5, 0.6) is 5.75 Å². The molecule has 4 aromatic rings. The molecule has 0 aliphatic heterocycles. The van der Waals surface area contributed by atoms with Gasteiger partial charge in [-0.3, -0.25) is 0 Å². The van der Waals surface area contributed by atoms with E-state index in [1.165, 1.54) is 12.1 Å². The number of aryl methyl sites for hydroxylation is 1. The maximum atomic E-state index is 13.2. The van der Waals surface area contributed by atoms with Gasteiger partial charge in [-0.25, -0.2) is 8.42 Å². The van der Waals surface area contributed by atoms with Crippen LogP contribution >= 0.6 is 0 Å². The van der Waals surface area contributed by atoms with Crippen molar-refractivity contribution >= 4 is 15.7 Å². The lowest BCUT2D eigenvalue weighted by Gasteiger charge is -2.19. The third-order valence-corrected chi connectivity index (χ3v) is 7.10. The highest BCUT2D eigenvalue weighted by Gasteiger charge is 2.25. The van der Waals surface area contributed by atoms with Gasteiger partial charge in [-0.1, -0.05) is 54.3 Å². The third kappa shape index (κ3) is 6.23. The van der Waals surface area contributed by atoms with E-state index in [2.05, 4.69) is 17.9 Å². The van der Waals surface area contributed by atoms with Crippen molar-refractivity contribution < 1.29 is 22.3 Å². The third-order valence-electron chi connectivity index (χ3n) is 5.45. The minimum absolute atomic E-state index is 0.101. The number of para-hydroxylation sites is 1. The van der Waals surface area contributed by atoms with E-state index >= 15 is 0 Å². The number of rotatable bonds is 8. The van der Waals surface area contributed by atoms with E-state index in [-0.39, 0.29) is 17.2 Å². The Morgan fingerprint density at radius 1 is 0.892 bits per heavy atom. The standard InChI is InChI=1S/C30H25NO5S/c1-4-31(37(32,33)29-19-9-23(2)10-20-29)30-8-6-5-7-25(30)13-16-27-17-18-28(36-27)22-35-21-24-11-14-26(34-3)15-12-24/h1,5-12,14-15,17-20H,21-22H2,2-3H3. The van der Waals surface area contributed by atoms with E-state index in [9.17, 15) is 8.42 Å². The number of anilines is 1. The molecule has 0 N–H and O–H groups in total. The van der Waals surface area contributed by atoms with Crippen LogP contribution in [0, 0.1) is 31.2 Å². The van der Waals surface area contributed by atoms with Crippen LogP contribution in [0.25, 0.3) is 0 Å². The van der Waals surface area contributed by atoms with Crippen LogP contribution in [0.4, 0.5) is 5.69 Å².